The Labute approximate surface area is 182 Å². The van der Waals surface area contributed by atoms with Crippen molar-refractivity contribution in [2.24, 2.45) is 4.99 Å². The highest BCUT2D eigenvalue weighted by Crippen LogP contribution is 2.19. The lowest BCUT2D eigenvalue weighted by atomic mass is 10.1. The Morgan fingerprint density at radius 3 is 2.45 bits per heavy atom. The quantitative estimate of drug-likeness (QED) is 0.253. The summed E-state index contributed by atoms with van der Waals surface area (Å²) in [6, 6.07) is 16.0. The standard InChI is InChI=1S/C23H31F2N3O3/c1-2-26-23(27-14-6-7-15-30-17-18-8-4-3-5-9-18)28-16-21(29)19-10-12-20(13-11-19)31-22(24)25/h3-5,8-13,21-22,29H,2,6-7,14-17H2,1H3,(H2,26,27,28). The molecule has 1 atom stereocenters. The van der Waals surface area contributed by atoms with Crippen molar-refractivity contribution in [1.29, 1.82) is 0 Å². The largest absolute Gasteiger partial charge is 0.435 e. The fourth-order valence-electron chi connectivity index (χ4n) is 2.80. The van der Waals surface area contributed by atoms with Crippen LogP contribution in [0.15, 0.2) is 59.6 Å². The SMILES string of the molecule is CCNC(=NCC(O)c1ccc(OC(F)F)cc1)NCCCCOCc1ccccc1. The first kappa shape index (κ1) is 24.6. The highest BCUT2D eigenvalue weighted by Gasteiger charge is 2.09. The lowest BCUT2D eigenvalue weighted by Gasteiger charge is -2.14. The monoisotopic (exact) mass is 435 g/mol. The first-order valence-corrected chi connectivity index (χ1v) is 10.4. The van der Waals surface area contributed by atoms with Crippen molar-refractivity contribution >= 4 is 5.96 Å². The maximum Gasteiger partial charge on any atom is 0.387 e. The summed E-state index contributed by atoms with van der Waals surface area (Å²) in [5, 5.41) is 16.7. The maximum atomic E-state index is 12.2. The third-order valence-electron chi connectivity index (χ3n) is 4.38. The van der Waals surface area contributed by atoms with Crippen LogP contribution in [0, 0.1) is 0 Å². The summed E-state index contributed by atoms with van der Waals surface area (Å²) >= 11 is 0. The molecule has 0 fully saturated rings. The van der Waals surface area contributed by atoms with Crippen molar-refractivity contribution in [2.75, 3.05) is 26.2 Å². The zero-order chi connectivity index (χ0) is 22.3. The highest BCUT2D eigenvalue weighted by atomic mass is 19.3. The normalized spacial score (nSPS) is 12.6. The zero-order valence-electron chi connectivity index (χ0n) is 17.8. The molecular formula is C23H31F2N3O3. The van der Waals surface area contributed by atoms with E-state index in [4.69, 9.17) is 4.74 Å². The molecule has 3 N–H and O–H groups in total. The second-order valence-electron chi connectivity index (χ2n) is 6.86. The van der Waals surface area contributed by atoms with Gasteiger partial charge < -0.3 is 25.2 Å². The van der Waals surface area contributed by atoms with E-state index in [1.165, 1.54) is 12.1 Å². The highest BCUT2D eigenvalue weighted by molar-refractivity contribution is 5.79. The molecule has 2 aromatic carbocycles. The van der Waals surface area contributed by atoms with Crippen molar-refractivity contribution < 1.29 is 23.4 Å². The number of hydrogen-bond acceptors (Lipinski definition) is 4. The first-order valence-electron chi connectivity index (χ1n) is 10.4. The maximum absolute atomic E-state index is 12.2. The van der Waals surface area contributed by atoms with Gasteiger partial charge in [-0.3, -0.25) is 4.99 Å². The van der Waals surface area contributed by atoms with E-state index in [-0.39, 0.29) is 12.3 Å². The van der Waals surface area contributed by atoms with Gasteiger partial charge in [0.1, 0.15) is 5.75 Å². The van der Waals surface area contributed by atoms with Crippen LogP contribution in [0.4, 0.5) is 8.78 Å². The predicted octanol–water partition coefficient (Wildman–Crippen LogP) is 3.87. The van der Waals surface area contributed by atoms with E-state index in [0.717, 1.165) is 24.9 Å². The zero-order valence-corrected chi connectivity index (χ0v) is 17.8. The minimum atomic E-state index is -2.87. The van der Waals surface area contributed by atoms with Crippen LogP contribution >= 0.6 is 0 Å². The molecule has 170 valence electrons. The Morgan fingerprint density at radius 2 is 1.77 bits per heavy atom. The van der Waals surface area contributed by atoms with E-state index in [2.05, 4.69) is 20.4 Å². The average molecular weight is 436 g/mol. The third kappa shape index (κ3) is 10.2. The van der Waals surface area contributed by atoms with Gasteiger partial charge in [0.15, 0.2) is 5.96 Å². The minimum absolute atomic E-state index is 0.0530. The van der Waals surface area contributed by atoms with Crippen LogP contribution in [0.3, 0.4) is 0 Å². The van der Waals surface area contributed by atoms with E-state index >= 15 is 0 Å². The van der Waals surface area contributed by atoms with Gasteiger partial charge in [-0.25, -0.2) is 0 Å². The molecule has 0 heterocycles. The first-order chi connectivity index (χ1) is 15.1. The number of aliphatic imine (C=N–C) groups is 1. The van der Waals surface area contributed by atoms with Crippen molar-refractivity contribution in [3.63, 3.8) is 0 Å². The summed E-state index contributed by atoms with van der Waals surface area (Å²) in [6.07, 6.45) is 1.00. The van der Waals surface area contributed by atoms with Gasteiger partial charge in [0.25, 0.3) is 0 Å². The Bertz CT molecular complexity index is 758. The van der Waals surface area contributed by atoms with Crippen LogP contribution in [-0.4, -0.2) is 43.9 Å². The van der Waals surface area contributed by atoms with Crippen molar-refractivity contribution in [2.45, 2.75) is 39.1 Å². The number of nitrogens with zero attached hydrogens (tertiary/aromatic N) is 1. The van der Waals surface area contributed by atoms with E-state index in [1.807, 2.05) is 37.3 Å². The number of benzene rings is 2. The molecule has 0 aliphatic heterocycles. The van der Waals surface area contributed by atoms with Gasteiger partial charge >= 0.3 is 6.61 Å². The second-order valence-corrected chi connectivity index (χ2v) is 6.86. The van der Waals surface area contributed by atoms with E-state index in [0.29, 0.717) is 31.3 Å². The van der Waals surface area contributed by atoms with Gasteiger partial charge in [0.05, 0.1) is 19.3 Å². The van der Waals surface area contributed by atoms with Crippen LogP contribution in [-0.2, 0) is 11.3 Å². The Kier molecular flexibility index (Phi) is 11.3. The molecule has 2 rings (SSSR count). The van der Waals surface area contributed by atoms with E-state index < -0.39 is 12.7 Å². The molecule has 0 bridgehead atoms. The molecule has 1 unspecified atom stereocenters. The molecule has 8 heteroatoms. The average Bonchev–Trinajstić information content (AvgIpc) is 2.77. The fourth-order valence-corrected chi connectivity index (χ4v) is 2.80. The lowest BCUT2D eigenvalue weighted by molar-refractivity contribution is -0.0498. The summed E-state index contributed by atoms with van der Waals surface area (Å²) in [4.78, 5) is 4.40. The summed E-state index contributed by atoms with van der Waals surface area (Å²) in [5.74, 6) is 0.668. The summed E-state index contributed by atoms with van der Waals surface area (Å²) in [7, 11) is 0. The number of hydrogen-bond donors (Lipinski definition) is 3. The smallest absolute Gasteiger partial charge is 0.387 e. The number of nitrogens with one attached hydrogen (secondary N) is 2. The van der Waals surface area contributed by atoms with Crippen LogP contribution in [0.5, 0.6) is 5.75 Å². The van der Waals surface area contributed by atoms with Crippen LogP contribution < -0.4 is 15.4 Å². The molecule has 0 aromatic heterocycles. The lowest BCUT2D eigenvalue weighted by Crippen LogP contribution is -2.38. The van der Waals surface area contributed by atoms with Crippen molar-refractivity contribution in [1.82, 2.24) is 10.6 Å². The van der Waals surface area contributed by atoms with Gasteiger partial charge in [-0.05, 0) is 43.0 Å². The minimum Gasteiger partial charge on any atom is -0.435 e. The number of aliphatic hydroxyl groups is 1. The van der Waals surface area contributed by atoms with Gasteiger partial charge in [0, 0.05) is 19.7 Å². The molecule has 0 aliphatic carbocycles. The molecule has 0 saturated heterocycles. The Balaban J connectivity index is 1.68. The summed E-state index contributed by atoms with van der Waals surface area (Å²) in [6.45, 7) is 1.97. The van der Waals surface area contributed by atoms with Crippen molar-refractivity contribution in [3.8, 4) is 5.75 Å². The van der Waals surface area contributed by atoms with Gasteiger partial charge in [-0.1, -0.05) is 42.5 Å². The topological polar surface area (TPSA) is 75.1 Å². The fraction of sp³-hybridized carbons (Fsp3) is 0.435. The summed E-state index contributed by atoms with van der Waals surface area (Å²) < 4.78 is 34.4. The predicted molar refractivity (Wildman–Crippen MR) is 117 cm³/mol. The molecular weight excluding hydrogens is 404 g/mol. The number of guanidine groups is 1. The van der Waals surface area contributed by atoms with Crippen LogP contribution in [0.1, 0.15) is 37.0 Å². The number of rotatable bonds is 13. The number of aliphatic hydroxyl groups excluding tert-OH is 1. The molecule has 0 radical (unpaired) electrons. The number of ether oxygens (including phenoxy) is 2. The van der Waals surface area contributed by atoms with E-state index in [9.17, 15) is 13.9 Å². The number of halogens is 2. The van der Waals surface area contributed by atoms with Crippen molar-refractivity contribution in [3.05, 3.63) is 65.7 Å². The molecule has 0 amide bonds. The third-order valence-corrected chi connectivity index (χ3v) is 4.38. The number of alkyl halides is 2. The molecule has 0 aliphatic rings. The van der Waals surface area contributed by atoms with Crippen LogP contribution in [0.25, 0.3) is 0 Å². The summed E-state index contributed by atoms with van der Waals surface area (Å²) in [5.41, 5.74) is 1.74. The number of unbranched alkanes of at least 4 members (excludes halogenated alkanes) is 1. The van der Waals surface area contributed by atoms with Gasteiger partial charge in [-0.2, -0.15) is 8.78 Å². The van der Waals surface area contributed by atoms with Gasteiger partial charge in [0.2, 0.25) is 0 Å². The van der Waals surface area contributed by atoms with Gasteiger partial charge in [-0.15, -0.1) is 0 Å². The molecule has 2 aromatic rings. The van der Waals surface area contributed by atoms with Crippen LogP contribution in [0.2, 0.25) is 0 Å². The van der Waals surface area contributed by atoms with E-state index in [1.54, 1.807) is 12.1 Å². The molecule has 0 saturated carbocycles. The Hall–Kier alpha value is -2.71. The second kappa shape index (κ2) is 14.3. The molecule has 0 spiro atoms. The molecule has 6 nitrogen and oxygen atoms in total. The Morgan fingerprint density at radius 1 is 1.03 bits per heavy atom. The molecule has 31 heavy (non-hydrogen) atoms.